The maximum Gasteiger partial charge on any atom is 0.255 e. The van der Waals surface area contributed by atoms with Crippen molar-refractivity contribution < 1.29 is 19.1 Å². The number of ether oxygens (including phenoxy) is 1. The van der Waals surface area contributed by atoms with Gasteiger partial charge in [-0.05, 0) is 41.8 Å². The van der Waals surface area contributed by atoms with Crippen molar-refractivity contribution >= 4 is 23.4 Å². The minimum absolute atomic E-state index is 0.170. The van der Waals surface area contributed by atoms with E-state index < -0.39 is 11.9 Å². The molecule has 0 spiro atoms. The van der Waals surface area contributed by atoms with Crippen molar-refractivity contribution in [1.82, 2.24) is 20.0 Å². The molecule has 9 heteroatoms. The number of hydrogen-bond donors (Lipinski definition) is 1. The largest absolute Gasteiger partial charge is 0.378 e. The van der Waals surface area contributed by atoms with Crippen LogP contribution in [0.3, 0.4) is 0 Å². The van der Waals surface area contributed by atoms with E-state index in [2.05, 4.69) is 39.6 Å². The predicted molar refractivity (Wildman–Crippen MR) is 133 cm³/mol. The second kappa shape index (κ2) is 8.91. The van der Waals surface area contributed by atoms with Gasteiger partial charge in [0.1, 0.15) is 6.04 Å². The van der Waals surface area contributed by atoms with E-state index in [-0.39, 0.29) is 18.2 Å². The zero-order valence-electron chi connectivity index (χ0n) is 20.1. The molecule has 1 aromatic heterocycles. The molecule has 3 aliphatic rings. The molecular formula is C27H27N5O4. The van der Waals surface area contributed by atoms with Gasteiger partial charge in [0.25, 0.3) is 5.91 Å². The lowest BCUT2D eigenvalue weighted by molar-refractivity contribution is -0.136. The Morgan fingerprint density at radius 2 is 1.72 bits per heavy atom. The van der Waals surface area contributed by atoms with Gasteiger partial charge in [0.2, 0.25) is 11.8 Å². The first-order chi connectivity index (χ1) is 17.5. The number of carbonyl (C=O) groups is 3. The summed E-state index contributed by atoms with van der Waals surface area (Å²) in [5, 5.41) is 6.88. The quantitative estimate of drug-likeness (QED) is 0.570. The number of imide groups is 1. The number of nitrogens with zero attached hydrogens (tertiary/aromatic N) is 4. The van der Waals surface area contributed by atoms with Gasteiger partial charge in [-0.15, -0.1) is 0 Å². The van der Waals surface area contributed by atoms with E-state index in [1.807, 2.05) is 36.1 Å². The Bertz CT molecular complexity index is 1360. The first-order valence-corrected chi connectivity index (χ1v) is 12.2. The maximum atomic E-state index is 13.1. The maximum absolute atomic E-state index is 13.1. The summed E-state index contributed by atoms with van der Waals surface area (Å²) in [6.45, 7) is 3.61. The first kappa shape index (κ1) is 22.5. The number of amides is 3. The van der Waals surface area contributed by atoms with Gasteiger partial charge in [0.15, 0.2) is 0 Å². The SMILES string of the molecule is Cn1ncc(-c2ccc3c(c2)CN(C2CCC(=O)NC2=O)C3=O)c1-c1ccc(N2CCOCC2)cc1. The van der Waals surface area contributed by atoms with Crippen LogP contribution in [0.4, 0.5) is 5.69 Å². The molecule has 3 amide bonds. The number of aryl methyl sites for hydroxylation is 1. The molecule has 0 saturated carbocycles. The molecule has 0 bridgehead atoms. The number of rotatable bonds is 4. The number of aromatic nitrogens is 2. The molecule has 6 rings (SSSR count). The summed E-state index contributed by atoms with van der Waals surface area (Å²) >= 11 is 0. The van der Waals surface area contributed by atoms with Gasteiger partial charge in [-0.25, -0.2) is 0 Å². The molecule has 4 heterocycles. The number of benzene rings is 2. The number of piperidine rings is 1. The number of fused-ring (bicyclic) bond motifs is 1. The van der Waals surface area contributed by atoms with Crippen LogP contribution in [0.2, 0.25) is 0 Å². The van der Waals surface area contributed by atoms with E-state index in [1.165, 1.54) is 5.69 Å². The van der Waals surface area contributed by atoms with Crippen LogP contribution >= 0.6 is 0 Å². The van der Waals surface area contributed by atoms with Crippen molar-refractivity contribution in [1.29, 1.82) is 0 Å². The Hall–Kier alpha value is -3.98. The molecule has 184 valence electrons. The lowest BCUT2D eigenvalue weighted by Gasteiger charge is -2.29. The van der Waals surface area contributed by atoms with Gasteiger partial charge >= 0.3 is 0 Å². The average Bonchev–Trinajstić information content (AvgIpc) is 3.44. The Kier molecular flexibility index (Phi) is 5.56. The van der Waals surface area contributed by atoms with Gasteiger partial charge in [0, 0.05) is 55.5 Å². The van der Waals surface area contributed by atoms with Crippen molar-refractivity contribution in [2.24, 2.45) is 7.05 Å². The molecule has 1 atom stereocenters. The number of carbonyl (C=O) groups excluding carboxylic acids is 3. The molecule has 0 radical (unpaired) electrons. The van der Waals surface area contributed by atoms with Gasteiger partial charge < -0.3 is 14.5 Å². The zero-order valence-corrected chi connectivity index (χ0v) is 20.1. The highest BCUT2D eigenvalue weighted by Crippen LogP contribution is 2.36. The second-order valence-electron chi connectivity index (χ2n) is 9.45. The molecule has 2 saturated heterocycles. The number of nitrogens with one attached hydrogen (secondary N) is 1. The third kappa shape index (κ3) is 3.85. The van der Waals surface area contributed by atoms with Crippen molar-refractivity contribution in [3.63, 3.8) is 0 Å². The molecule has 2 fully saturated rings. The number of hydrogen-bond acceptors (Lipinski definition) is 6. The number of morpholine rings is 1. The minimum atomic E-state index is -0.620. The summed E-state index contributed by atoms with van der Waals surface area (Å²) in [6.07, 6.45) is 2.44. The molecule has 2 aromatic carbocycles. The minimum Gasteiger partial charge on any atom is -0.378 e. The molecule has 36 heavy (non-hydrogen) atoms. The molecule has 1 unspecified atom stereocenters. The second-order valence-corrected chi connectivity index (χ2v) is 9.45. The van der Waals surface area contributed by atoms with Gasteiger partial charge in [-0.3, -0.25) is 24.4 Å². The first-order valence-electron chi connectivity index (χ1n) is 12.2. The summed E-state index contributed by atoms with van der Waals surface area (Å²) in [7, 11) is 1.93. The summed E-state index contributed by atoms with van der Waals surface area (Å²) in [6, 6.07) is 13.7. The van der Waals surface area contributed by atoms with Crippen LogP contribution in [0.5, 0.6) is 0 Å². The van der Waals surface area contributed by atoms with Crippen molar-refractivity contribution in [2.45, 2.75) is 25.4 Å². The van der Waals surface area contributed by atoms with E-state index in [1.54, 1.807) is 4.90 Å². The van der Waals surface area contributed by atoms with E-state index in [9.17, 15) is 14.4 Å². The molecule has 3 aromatic rings. The lowest BCUT2D eigenvalue weighted by atomic mass is 9.98. The van der Waals surface area contributed by atoms with Crippen LogP contribution in [-0.4, -0.2) is 64.7 Å². The van der Waals surface area contributed by atoms with E-state index in [4.69, 9.17) is 4.74 Å². The Morgan fingerprint density at radius 1 is 0.972 bits per heavy atom. The predicted octanol–water partition coefficient (Wildman–Crippen LogP) is 2.35. The highest BCUT2D eigenvalue weighted by molar-refractivity contribution is 6.05. The number of anilines is 1. The van der Waals surface area contributed by atoms with E-state index in [0.717, 1.165) is 54.3 Å². The molecule has 3 aliphatic heterocycles. The Balaban J connectivity index is 1.28. The van der Waals surface area contributed by atoms with E-state index in [0.29, 0.717) is 18.5 Å². The normalized spacial score (nSPS) is 20.0. The highest BCUT2D eigenvalue weighted by atomic mass is 16.5. The fraction of sp³-hybridized carbons (Fsp3) is 0.333. The van der Waals surface area contributed by atoms with Crippen molar-refractivity contribution in [3.8, 4) is 22.4 Å². The van der Waals surface area contributed by atoms with E-state index >= 15 is 0 Å². The fourth-order valence-electron chi connectivity index (χ4n) is 5.38. The monoisotopic (exact) mass is 485 g/mol. The third-order valence-corrected chi connectivity index (χ3v) is 7.29. The summed E-state index contributed by atoms with van der Waals surface area (Å²) < 4.78 is 7.33. The van der Waals surface area contributed by atoms with Crippen LogP contribution in [0.15, 0.2) is 48.7 Å². The Labute approximate surface area is 208 Å². The van der Waals surface area contributed by atoms with Crippen molar-refractivity contribution in [3.05, 3.63) is 59.8 Å². The van der Waals surface area contributed by atoms with Crippen LogP contribution in [-0.2, 0) is 27.9 Å². The average molecular weight is 486 g/mol. The smallest absolute Gasteiger partial charge is 0.255 e. The van der Waals surface area contributed by atoms with Gasteiger partial charge in [-0.2, -0.15) is 5.10 Å². The molecular weight excluding hydrogens is 458 g/mol. The molecule has 1 N–H and O–H groups in total. The lowest BCUT2D eigenvalue weighted by Crippen LogP contribution is -2.52. The molecule has 9 nitrogen and oxygen atoms in total. The highest BCUT2D eigenvalue weighted by Gasteiger charge is 2.39. The summed E-state index contributed by atoms with van der Waals surface area (Å²) in [5.74, 6) is -0.858. The Morgan fingerprint density at radius 3 is 2.47 bits per heavy atom. The summed E-state index contributed by atoms with van der Waals surface area (Å²) in [5.41, 5.74) is 6.65. The third-order valence-electron chi connectivity index (χ3n) is 7.29. The fourth-order valence-corrected chi connectivity index (χ4v) is 5.38. The molecule has 0 aliphatic carbocycles. The van der Waals surface area contributed by atoms with Gasteiger partial charge in [-0.1, -0.05) is 18.2 Å². The van der Waals surface area contributed by atoms with Crippen LogP contribution < -0.4 is 10.2 Å². The van der Waals surface area contributed by atoms with Gasteiger partial charge in [0.05, 0.1) is 25.1 Å². The summed E-state index contributed by atoms with van der Waals surface area (Å²) in [4.78, 5) is 40.8. The van der Waals surface area contributed by atoms with Crippen LogP contribution in [0.25, 0.3) is 22.4 Å². The standard InChI is InChI=1S/C27H27N5O4/c1-30-25(17-2-5-20(6-3-17)31-10-12-36-13-11-31)22(15-28-30)18-4-7-21-19(14-18)16-32(27(21)35)23-8-9-24(33)29-26(23)34/h2-7,14-15,23H,8-13,16H2,1H3,(H,29,33,34). The zero-order chi connectivity index (χ0) is 24.8. The van der Waals surface area contributed by atoms with Crippen LogP contribution in [0.1, 0.15) is 28.8 Å². The van der Waals surface area contributed by atoms with Crippen molar-refractivity contribution in [2.75, 3.05) is 31.2 Å². The van der Waals surface area contributed by atoms with Crippen LogP contribution in [0, 0.1) is 0 Å². The topological polar surface area (TPSA) is 96.8 Å².